The molecular weight excluding hydrogens is 304 g/mol. The van der Waals surface area contributed by atoms with Gasteiger partial charge in [-0.3, -0.25) is 10.1 Å². The number of carboxylic acid groups (broad SMARTS) is 1. The van der Waals surface area contributed by atoms with E-state index in [1.807, 2.05) is 0 Å². The van der Waals surface area contributed by atoms with Crippen molar-refractivity contribution in [3.63, 3.8) is 0 Å². The summed E-state index contributed by atoms with van der Waals surface area (Å²) >= 11 is 3.16. The van der Waals surface area contributed by atoms with E-state index in [2.05, 4.69) is 15.9 Å². The van der Waals surface area contributed by atoms with Gasteiger partial charge in [0.25, 0.3) is 5.69 Å². The van der Waals surface area contributed by atoms with E-state index < -0.39 is 10.9 Å². The van der Waals surface area contributed by atoms with Crippen LogP contribution in [0, 0.1) is 10.1 Å². The maximum Gasteiger partial charge on any atom is 0.337 e. The number of hydrogen-bond acceptors (Lipinski definition) is 3. The Balaban J connectivity index is 2.55. The van der Waals surface area contributed by atoms with Crippen molar-refractivity contribution in [2.24, 2.45) is 0 Å². The number of halogens is 1. The van der Waals surface area contributed by atoms with Crippen LogP contribution in [-0.2, 0) is 0 Å². The average Bonchev–Trinajstić information content (AvgIpc) is 2.78. The van der Waals surface area contributed by atoms with E-state index in [-0.39, 0.29) is 11.3 Å². The number of nitro benzene ring substituents is 1. The van der Waals surface area contributed by atoms with Crippen LogP contribution in [0.25, 0.3) is 5.69 Å². The van der Waals surface area contributed by atoms with Gasteiger partial charge >= 0.3 is 5.97 Å². The number of aromatic carboxylic acids is 1. The molecule has 1 N–H and O–H groups in total. The largest absolute Gasteiger partial charge is 0.478 e. The van der Waals surface area contributed by atoms with Crippen LogP contribution in [0.15, 0.2) is 41.1 Å². The first-order chi connectivity index (χ1) is 8.49. The first-order valence-electron chi connectivity index (χ1n) is 4.84. The van der Waals surface area contributed by atoms with Crippen LogP contribution in [0.5, 0.6) is 0 Å². The van der Waals surface area contributed by atoms with Gasteiger partial charge in [0.1, 0.15) is 5.69 Å². The van der Waals surface area contributed by atoms with Gasteiger partial charge in [-0.2, -0.15) is 0 Å². The van der Waals surface area contributed by atoms with Crippen molar-refractivity contribution in [3.8, 4) is 5.69 Å². The third-order valence-corrected chi connectivity index (χ3v) is 2.85. The lowest BCUT2D eigenvalue weighted by molar-refractivity contribution is -0.384. The zero-order chi connectivity index (χ0) is 13.3. The van der Waals surface area contributed by atoms with Crippen LogP contribution in [0.1, 0.15) is 10.4 Å². The topological polar surface area (TPSA) is 85.4 Å². The fourth-order valence-electron chi connectivity index (χ4n) is 1.53. The number of nitro groups is 1. The molecule has 0 unspecified atom stereocenters. The molecular formula is C11H7BrN2O4. The molecule has 2 rings (SSSR count). The number of aromatic nitrogens is 1. The molecule has 0 fully saturated rings. The summed E-state index contributed by atoms with van der Waals surface area (Å²) in [5.41, 5.74) is 0.292. The van der Waals surface area contributed by atoms with Crippen molar-refractivity contribution in [3.05, 3.63) is 56.8 Å². The molecule has 18 heavy (non-hydrogen) atoms. The molecule has 0 bridgehead atoms. The zero-order valence-electron chi connectivity index (χ0n) is 8.91. The molecule has 0 aliphatic rings. The van der Waals surface area contributed by atoms with Crippen molar-refractivity contribution in [1.82, 2.24) is 4.57 Å². The highest BCUT2D eigenvalue weighted by Gasteiger charge is 2.16. The Kier molecular flexibility index (Phi) is 3.15. The summed E-state index contributed by atoms with van der Waals surface area (Å²) in [4.78, 5) is 21.2. The fourth-order valence-corrected chi connectivity index (χ4v) is 1.88. The van der Waals surface area contributed by atoms with Gasteiger partial charge in [0.05, 0.1) is 10.5 Å². The first-order valence-corrected chi connectivity index (χ1v) is 5.64. The summed E-state index contributed by atoms with van der Waals surface area (Å²) in [6.07, 6.45) is 2.80. The predicted octanol–water partition coefficient (Wildman–Crippen LogP) is 2.85. The second kappa shape index (κ2) is 4.61. The summed E-state index contributed by atoms with van der Waals surface area (Å²) in [6, 6.07) is 5.96. The minimum atomic E-state index is -1.08. The summed E-state index contributed by atoms with van der Waals surface area (Å²) in [5, 5.41) is 19.8. The zero-order valence-corrected chi connectivity index (χ0v) is 10.5. The molecule has 0 atom stereocenters. The minimum absolute atomic E-state index is 0.0761. The Morgan fingerprint density at radius 3 is 2.67 bits per heavy atom. The molecule has 2 aromatic rings. The van der Waals surface area contributed by atoms with Gasteiger partial charge in [-0.15, -0.1) is 0 Å². The molecule has 1 heterocycles. The maximum absolute atomic E-state index is 10.9. The Hall–Kier alpha value is -2.15. The Bertz CT molecular complexity index is 636. The van der Waals surface area contributed by atoms with Crippen LogP contribution < -0.4 is 0 Å². The van der Waals surface area contributed by atoms with Gasteiger partial charge in [0.2, 0.25) is 0 Å². The third-order valence-electron chi connectivity index (χ3n) is 2.35. The maximum atomic E-state index is 10.9. The molecule has 0 radical (unpaired) electrons. The Morgan fingerprint density at radius 2 is 2.11 bits per heavy atom. The number of carbonyl (C=O) groups is 1. The van der Waals surface area contributed by atoms with E-state index in [4.69, 9.17) is 5.11 Å². The third kappa shape index (κ3) is 2.25. The van der Waals surface area contributed by atoms with E-state index in [0.29, 0.717) is 10.2 Å². The molecule has 0 spiro atoms. The SMILES string of the molecule is O=C(O)c1ccn(-c2ccc(Br)cc2[N+](=O)[O-])c1. The predicted molar refractivity (Wildman–Crippen MR) is 67.1 cm³/mol. The van der Waals surface area contributed by atoms with Gasteiger partial charge in [-0.05, 0) is 18.2 Å². The standard InChI is InChI=1S/C11H7BrN2O4/c12-8-1-2-9(10(5-8)14(17)18)13-4-3-7(6-13)11(15)16/h1-6H,(H,15,16). The van der Waals surface area contributed by atoms with Crippen molar-refractivity contribution >= 4 is 27.6 Å². The monoisotopic (exact) mass is 310 g/mol. The molecule has 6 nitrogen and oxygen atoms in total. The molecule has 92 valence electrons. The van der Waals surface area contributed by atoms with Gasteiger partial charge in [-0.25, -0.2) is 4.79 Å². The van der Waals surface area contributed by atoms with E-state index in [1.54, 1.807) is 12.1 Å². The van der Waals surface area contributed by atoms with Crippen molar-refractivity contribution in [1.29, 1.82) is 0 Å². The van der Waals surface area contributed by atoms with Gasteiger partial charge in [0, 0.05) is 22.9 Å². The lowest BCUT2D eigenvalue weighted by atomic mass is 10.2. The van der Waals surface area contributed by atoms with Crippen LogP contribution in [0.3, 0.4) is 0 Å². The molecule has 1 aromatic carbocycles. The van der Waals surface area contributed by atoms with Crippen LogP contribution in [0.4, 0.5) is 5.69 Å². The number of rotatable bonds is 3. The van der Waals surface area contributed by atoms with Crippen LogP contribution in [-0.4, -0.2) is 20.6 Å². The van der Waals surface area contributed by atoms with Gasteiger partial charge in [0.15, 0.2) is 0 Å². The number of hydrogen-bond donors (Lipinski definition) is 1. The van der Waals surface area contributed by atoms with E-state index in [1.165, 1.54) is 29.1 Å². The fraction of sp³-hybridized carbons (Fsp3) is 0. The van der Waals surface area contributed by atoms with E-state index in [9.17, 15) is 14.9 Å². The second-order valence-corrected chi connectivity index (χ2v) is 4.42. The number of nitrogens with zero attached hydrogens (tertiary/aromatic N) is 2. The molecule has 0 aliphatic carbocycles. The lowest BCUT2D eigenvalue weighted by Gasteiger charge is -2.04. The van der Waals surface area contributed by atoms with Crippen molar-refractivity contribution in [2.75, 3.05) is 0 Å². The van der Waals surface area contributed by atoms with E-state index in [0.717, 1.165) is 0 Å². The van der Waals surface area contributed by atoms with Gasteiger partial charge < -0.3 is 9.67 Å². The van der Waals surface area contributed by atoms with Crippen LogP contribution >= 0.6 is 15.9 Å². The normalized spacial score (nSPS) is 10.3. The minimum Gasteiger partial charge on any atom is -0.478 e. The highest BCUT2D eigenvalue weighted by molar-refractivity contribution is 9.10. The second-order valence-electron chi connectivity index (χ2n) is 3.50. The lowest BCUT2D eigenvalue weighted by Crippen LogP contribution is -1.99. The highest BCUT2D eigenvalue weighted by atomic mass is 79.9. The molecule has 0 saturated carbocycles. The molecule has 1 aromatic heterocycles. The smallest absolute Gasteiger partial charge is 0.337 e. The summed E-state index contributed by atoms with van der Waals surface area (Å²) < 4.78 is 2.00. The Morgan fingerprint density at radius 1 is 1.39 bits per heavy atom. The van der Waals surface area contributed by atoms with Crippen LogP contribution in [0.2, 0.25) is 0 Å². The van der Waals surface area contributed by atoms with Crippen molar-refractivity contribution < 1.29 is 14.8 Å². The summed E-state index contributed by atoms with van der Waals surface area (Å²) in [5.74, 6) is -1.08. The quantitative estimate of drug-likeness (QED) is 0.697. The Labute approximate surface area is 110 Å². The molecule has 7 heteroatoms. The molecule has 0 aliphatic heterocycles. The highest BCUT2D eigenvalue weighted by Crippen LogP contribution is 2.27. The average molecular weight is 311 g/mol. The number of benzene rings is 1. The number of carboxylic acids is 1. The van der Waals surface area contributed by atoms with Crippen molar-refractivity contribution in [2.45, 2.75) is 0 Å². The molecule has 0 amide bonds. The van der Waals surface area contributed by atoms with Gasteiger partial charge in [-0.1, -0.05) is 15.9 Å². The molecule has 0 saturated heterocycles. The first kappa shape index (κ1) is 12.3. The summed E-state index contributed by atoms with van der Waals surface area (Å²) in [7, 11) is 0. The van der Waals surface area contributed by atoms with E-state index >= 15 is 0 Å². The summed E-state index contributed by atoms with van der Waals surface area (Å²) in [6.45, 7) is 0.